The first-order valence-corrected chi connectivity index (χ1v) is 9.06. The molecule has 1 N–H and O–H groups in total. The van der Waals surface area contributed by atoms with Gasteiger partial charge in [0, 0.05) is 24.2 Å². The summed E-state index contributed by atoms with van der Waals surface area (Å²) in [7, 11) is 0. The number of ether oxygens (including phenoxy) is 2. The summed E-state index contributed by atoms with van der Waals surface area (Å²) >= 11 is 0. The van der Waals surface area contributed by atoms with Crippen molar-refractivity contribution in [2.75, 3.05) is 18.5 Å². The third-order valence-corrected chi connectivity index (χ3v) is 4.11. The quantitative estimate of drug-likeness (QED) is 0.568. The molecular weight excluding hydrogens is 322 g/mol. The van der Waals surface area contributed by atoms with Gasteiger partial charge in [-0.15, -0.1) is 0 Å². The lowest BCUT2D eigenvalue weighted by molar-refractivity contribution is 0.322. The van der Waals surface area contributed by atoms with E-state index in [1.807, 2.05) is 55.5 Å². The third-order valence-electron chi connectivity index (χ3n) is 4.11. The average Bonchev–Trinajstić information content (AvgIpc) is 2.69. The van der Waals surface area contributed by atoms with Gasteiger partial charge < -0.3 is 14.8 Å². The zero-order valence-electron chi connectivity index (χ0n) is 15.2. The third kappa shape index (κ3) is 5.28. The summed E-state index contributed by atoms with van der Waals surface area (Å²) in [6.45, 7) is 4.08. The molecule has 0 saturated carbocycles. The van der Waals surface area contributed by atoms with Crippen LogP contribution in [0, 0.1) is 0 Å². The largest absolute Gasteiger partial charge is 0.494 e. The highest BCUT2D eigenvalue weighted by Crippen LogP contribution is 2.21. The van der Waals surface area contributed by atoms with Gasteiger partial charge in [-0.3, -0.25) is 0 Å². The minimum atomic E-state index is 0.673. The van der Waals surface area contributed by atoms with E-state index in [0.29, 0.717) is 13.2 Å². The van der Waals surface area contributed by atoms with Crippen molar-refractivity contribution in [2.24, 2.45) is 0 Å². The van der Waals surface area contributed by atoms with Crippen molar-refractivity contribution in [1.82, 2.24) is 0 Å². The Balaban J connectivity index is 1.48. The Morgan fingerprint density at radius 1 is 0.769 bits per heavy atom. The monoisotopic (exact) mass is 347 g/mol. The van der Waals surface area contributed by atoms with Crippen molar-refractivity contribution in [3.63, 3.8) is 0 Å². The Morgan fingerprint density at radius 2 is 1.50 bits per heavy atom. The van der Waals surface area contributed by atoms with Crippen molar-refractivity contribution in [2.45, 2.75) is 19.9 Å². The highest BCUT2D eigenvalue weighted by Gasteiger charge is 2.02. The van der Waals surface area contributed by atoms with E-state index in [-0.39, 0.29) is 0 Å². The number of nitrogens with one attached hydrogen (secondary N) is 1. The van der Waals surface area contributed by atoms with Gasteiger partial charge >= 0.3 is 0 Å². The van der Waals surface area contributed by atoms with Crippen LogP contribution >= 0.6 is 0 Å². The Kier molecular flexibility index (Phi) is 6.54. The first kappa shape index (κ1) is 17.9. The first-order valence-electron chi connectivity index (χ1n) is 9.06. The molecule has 0 heterocycles. The molecule has 0 aliphatic carbocycles. The Hall–Kier alpha value is -2.94. The summed E-state index contributed by atoms with van der Waals surface area (Å²) in [5.41, 5.74) is 3.50. The Bertz CT molecular complexity index is 785. The molecule has 0 bridgehead atoms. The molecule has 0 aromatic heterocycles. The van der Waals surface area contributed by atoms with E-state index in [0.717, 1.165) is 35.7 Å². The maximum atomic E-state index is 5.83. The average molecular weight is 347 g/mol. The topological polar surface area (TPSA) is 30.5 Å². The second-order valence-corrected chi connectivity index (χ2v) is 6.00. The van der Waals surface area contributed by atoms with Crippen molar-refractivity contribution in [1.29, 1.82) is 0 Å². The van der Waals surface area contributed by atoms with E-state index in [4.69, 9.17) is 9.47 Å². The number of benzene rings is 3. The van der Waals surface area contributed by atoms with Crippen molar-refractivity contribution >= 4 is 5.69 Å². The summed E-state index contributed by atoms with van der Waals surface area (Å²) < 4.78 is 11.5. The second kappa shape index (κ2) is 9.52. The fourth-order valence-corrected chi connectivity index (χ4v) is 2.74. The van der Waals surface area contributed by atoms with Crippen LogP contribution in [0.3, 0.4) is 0 Å². The molecule has 3 heteroatoms. The van der Waals surface area contributed by atoms with Crippen LogP contribution in [-0.2, 0) is 13.0 Å². The van der Waals surface area contributed by atoms with Gasteiger partial charge in [-0.25, -0.2) is 0 Å². The maximum Gasteiger partial charge on any atom is 0.124 e. The molecule has 134 valence electrons. The number of hydrogen-bond acceptors (Lipinski definition) is 3. The summed E-state index contributed by atoms with van der Waals surface area (Å²) in [6.07, 6.45) is 0.912. The van der Waals surface area contributed by atoms with E-state index in [1.54, 1.807) is 0 Å². The second-order valence-electron chi connectivity index (χ2n) is 6.00. The molecule has 26 heavy (non-hydrogen) atoms. The molecule has 3 nitrogen and oxygen atoms in total. The molecule has 0 amide bonds. The lowest BCUT2D eigenvalue weighted by Crippen LogP contribution is -2.03. The SMILES string of the molecule is CCOc1ccccc1CNc1ccc(OCCc2ccccc2)cc1. The molecule has 0 spiro atoms. The van der Waals surface area contributed by atoms with E-state index < -0.39 is 0 Å². The van der Waals surface area contributed by atoms with E-state index in [9.17, 15) is 0 Å². The van der Waals surface area contributed by atoms with Gasteiger partial charge in [-0.1, -0.05) is 48.5 Å². The normalized spacial score (nSPS) is 10.3. The molecule has 3 aromatic carbocycles. The molecule has 0 aliphatic heterocycles. The van der Waals surface area contributed by atoms with Crippen LogP contribution in [0.15, 0.2) is 78.9 Å². The van der Waals surface area contributed by atoms with Gasteiger partial charge in [0.1, 0.15) is 11.5 Å². The summed E-state index contributed by atoms with van der Waals surface area (Å²) in [5, 5.41) is 3.43. The molecule has 3 aromatic rings. The molecular formula is C23H25NO2. The number of anilines is 1. The van der Waals surface area contributed by atoms with Gasteiger partial charge in [-0.05, 0) is 42.8 Å². The Morgan fingerprint density at radius 3 is 2.27 bits per heavy atom. The highest BCUT2D eigenvalue weighted by atomic mass is 16.5. The number of rotatable bonds is 9. The molecule has 0 atom stereocenters. The fourth-order valence-electron chi connectivity index (χ4n) is 2.74. The standard InChI is InChI=1S/C23H25NO2/c1-2-25-23-11-7-6-10-20(23)18-24-21-12-14-22(15-13-21)26-17-16-19-8-4-3-5-9-19/h3-15,24H,2,16-18H2,1H3. The number of hydrogen-bond donors (Lipinski definition) is 1. The molecule has 3 rings (SSSR count). The smallest absolute Gasteiger partial charge is 0.124 e. The minimum Gasteiger partial charge on any atom is -0.494 e. The molecule has 0 aliphatic rings. The lowest BCUT2D eigenvalue weighted by Gasteiger charge is -2.12. The highest BCUT2D eigenvalue weighted by molar-refractivity contribution is 5.48. The predicted octanol–water partition coefficient (Wildman–Crippen LogP) is 5.32. The van der Waals surface area contributed by atoms with Crippen molar-refractivity contribution in [3.8, 4) is 11.5 Å². The van der Waals surface area contributed by atoms with Gasteiger partial charge in [0.25, 0.3) is 0 Å². The molecule has 0 unspecified atom stereocenters. The molecule has 0 radical (unpaired) electrons. The first-order chi connectivity index (χ1) is 12.8. The van der Waals surface area contributed by atoms with Crippen LogP contribution in [0.5, 0.6) is 11.5 Å². The van der Waals surface area contributed by atoms with Crippen LogP contribution in [0.2, 0.25) is 0 Å². The Labute approximate surface area is 155 Å². The van der Waals surface area contributed by atoms with Crippen LogP contribution in [0.4, 0.5) is 5.69 Å². The van der Waals surface area contributed by atoms with Gasteiger partial charge in [0.2, 0.25) is 0 Å². The maximum absolute atomic E-state index is 5.83. The van der Waals surface area contributed by atoms with Crippen LogP contribution in [-0.4, -0.2) is 13.2 Å². The van der Waals surface area contributed by atoms with E-state index >= 15 is 0 Å². The lowest BCUT2D eigenvalue weighted by atomic mass is 10.2. The van der Waals surface area contributed by atoms with Gasteiger partial charge in [-0.2, -0.15) is 0 Å². The zero-order chi connectivity index (χ0) is 18.0. The number of para-hydroxylation sites is 1. The zero-order valence-corrected chi connectivity index (χ0v) is 15.2. The van der Waals surface area contributed by atoms with Crippen LogP contribution in [0.25, 0.3) is 0 Å². The van der Waals surface area contributed by atoms with Crippen molar-refractivity contribution in [3.05, 3.63) is 90.0 Å². The van der Waals surface area contributed by atoms with Gasteiger partial charge in [0.15, 0.2) is 0 Å². The van der Waals surface area contributed by atoms with Crippen LogP contribution in [0.1, 0.15) is 18.1 Å². The van der Waals surface area contributed by atoms with Crippen molar-refractivity contribution < 1.29 is 9.47 Å². The predicted molar refractivity (Wildman–Crippen MR) is 107 cm³/mol. The van der Waals surface area contributed by atoms with Gasteiger partial charge in [0.05, 0.1) is 13.2 Å². The molecule has 0 saturated heterocycles. The van der Waals surface area contributed by atoms with E-state index in [2.05, 4.69) is 35.6 Å². The fraction of sp³-hybridized carbons (Fsp3) is 0.217. The summed E-state index contributed by atoms with van der Waals surface area (Å²) in [6, 6.07) is 26.6. The summed E-state index contributed by atoms with van der Waals surface area (Å²) in [4.78, 5) is 0. The van der Waals surface area contributed by atoms with E-state index in [1.165, 1.54) is 5.56 Å². The minimum absolute atomic E-state index is 0.673. The summed E-state index contributed by atoms with van der Waals surface area (Å²) in [5.74, 6) is 1.82. The van der Waals surface area contributed by atoms with Crippen LogP contribution < -0.4 is 14.8 Å². The molecule has 0 fully saturated rings.